The molecule has 1 aliphatic heterocycles. The Balaban J connectivity index is 2.09. The molecule has 1 aromatic carbocycles. The summed E-state index contributed by atoms with van der Waals surface area (Å²) >= 11 is 0. The molecule has 0 spiro atoms. The predicted octanol–water partition coefficient (Wildman–Crippen LogP) is 3.46. The van der Waals surface area contributed by atoms with Crippen LogP contribution in [0.1, 0.15) is 49.9 Å². The smallest absolute Gasteiger partial charge is 0.253 e. The van der Waals surface area contributed by atoms with E-state index in [0.717, 1.165) is 44.5 Å². The molecule has 0 aliphatic carbocycles. The van der Waals surface area contributed by atoms with Crippen molar-refractivity contribution in [1.82, 2.24) is 4.90 Å². The lowest BCUT2D eigenvalue weighted by molar-refractivity contribution is 0.0750. The number of hydrogen-bond donors (Lipinski definition) is 0. The van der Waals surface area contributed by atoms with Crippen molar-refractivity contribution in [3.63, 3.8) is 0 Å². The molecule has 0 fully saturated rings. The van der Waals surface area contributed by atoms with Crippen LogP contribution in [0.4, 0.5) is 0 Å². The molecule has 0 N–H and O–H groups in total. The number of unbranched alkanes of at least 4 members (excludes halogenated alkanes) is 2. The van der Waals surface area contributed by atoms with Crippen molar-refractivity contribution >= 4 is 5.91 Å². The van der Waals surface area contributed by atoms with Crippen molar-refractivity contribution in [2.24, 2.45) is 0 Å². The zero-order chi connectivity index (χ0) is 14.4. The largest absolute Gasteiger partial charge is 0.454 e. The summed E-state index contributed by atoms with van der Waals surface area (Å²) in [5.41, 5.74) is 0.682. The van der Waals surface area contributed by atoms with Gasteiger partial charge < -0.3 is 14.4 Å². The normalized spacial score (nSPS) is 12.5. The Labute approximate surface area is 120 Å². The minimum atomic E-state index is 0.0881. The lowest BCUT2D eigenvalue weighted by Gasteiger charge is -2.22. The second-order valence-electron chi connectivity index (χ2n) is 5.07. The van der Waals surface area contributed by atoms with Gasteiger partial charge in [-0.3, -0.25) is 4.79 Å². The Morgan fingerprint density at radius 1 is 1.10 bits per heavy atom. The molecule has 0 saturated heterocycles. The number of carbonyl (C=O) groups excluding carboxylic acids is 1. The van der Waals surface area contributed by atoms with E-state index in [-0.39, 0.29) is 12.7 Å². The average Bonchev–Trinajstić information content (AvgIpc) is 2.94. The molecule has 1 heterocycles. The van der Waals surface area contributed by atoms with E-state index in [2.05, 4.69) is 13.8 Å². The summed E-state index contributed by atoms with van der Waals surface area (Å²) < 4.78 is 10.6. The molecule has 0 saturated carbocycles. The molecule has 20 heavy (non-hydrogen) atoms. The second kappa shape index (κ2) is 7.17. The second-order valence-corrected chi connectivity index (χ2v) is 5.07. The molecule has 0 aromatic heterocycles. The lowest BCUT2D eigenvalue weighted by atomic mass is 10.1. The minimum Gasteiger partial charge on any atom is -0.454 e. The van der Waals surface area contributed by atoms with Gasteiger partial charge in [-0.2, -0.15) is 0 Å². The van der Waals surface area contributed by atoms with E-state index in [1.54, 1.807) is 6.07 Å². The highest BCUT2D eigenvalue weighted by Crippen LogP contribution is 2.32. The first-order valence-corrected chi connectivity index (χ1v) is 7.45. The number of ether oxygens (including phenoxy) is 2. The Hall–Kier alpha value is -1.71. The van der Waals surface area contributed by atoms with Crippen molar-refractivity contribution < 1.29 is 14.3 Å². The number of fused-ring (bicyclic) bond motifs is 1. The number of amides is 1. The van der Waals surface area contributed by atoms with Gasteiger partial charge in [-0.25, -0.2) is 0 Å². The molecule has 1 aliphatic rings. The van der Waals surface area contributed by atoms with Gasteiger partial charge in [0.15, 0.2) is 11.5 Å². The van der Waals surface area contributed by atoms with E-state index in [0.29, 0.717) is 11.3 Å². The van der Waals surface area contributed by atoms with Crippen molar-refractivity contribution in [2.75, 3.05) is 19.9 Å². The Kier molecular flexibility index (Phi) is 5.27. The topological polar surface area (TPSA) is 38.8 Å². The van der Waals surface area contributed by atoms with Crippen molar-refractivity contribution in [3.8, 4) is 11.5 Å². The molecule has 0 atom stereocenters. The van der Waals surface area contributed by atoms with Crippen molar-refractivity contribution in [1.29, 1.82) is 0 Å². The van der Waals surface area contributed by atoms with E-state index in [1.165, 1.54) is 0 Å². The lowest BCUT2D eigenvalue weighted by Crippen LogP contribution is -2.32. The van der Waals surface area contributed by atoms with Crippen LogP contribution < -0.4 is 9.47 Å². The molecule has 2 rings (SSSR count). The van der Waals surface area contributed by atoms with E-state index in [1.807, 2.05) is 17.0 Å². The van der Waals surface area contributed by atoms with Crippen LogP contribution in [0.15, 0.2) is 18.2 Å². The summed E-state index contributed by atoms with van der Waals surface area (Å²) in [5, 5.41) is 0. The molecule has 110 valence electrons. The van der Waals surface area contributed by atoms with Gasteiger partial charge in [-0.1, -0.05) is 26.7 Å². The van der Waals surface area contributed by atoms with E-state index in [9.17, 15) is 4.79 Å². The summed E-state index contributed by atoms with van der Waals surface area (Å²) in [7, 11) is 0. The first-order valence-electron chi connectivity index (χ1n) is 7.45. The summed E-state index contributed by atoms with van der Waals surface area (Å²) in [6.07, 6.45) is 4.27. The number of nitrogens with zero attached hydrogens (tertiary/aromatic N) is 1. The van der Waals surface area contributed by atoms with Crippen LogP contribution in [0, 0.1) is 0 Å². The summed E-state index contributed by atoms with van der Waals surface area (Å²) in [5.74, 6) is 1.47. The molecular weight excluding hydrogens is 254 g/mol. The quantitative estimate of drug-likeness (QED) is 0.766. The molecule has 1 amide bonds. The fraction of sp³-hybridized carbons (Fsp3) is 0.562. The Morgan fingerprint density at radius 3 is 2.40 bits per heavy atom. The van der Waals surface area contributed by atoms with Crippen LogP contribution >= 0.6 is 0 Å². The van der Waals surface area contributed by atoms with Crippen molar-refractivity contribution in [2.45, 2.75) is 39.5 Å². The van der Waals surface area contributed by atoms with Gasteiger partial charge in [0, 0.05) is 18.7 Å². The van der Waals surface area contributed by atoms with Crippen LogP contribution in [-0.2, 0) is 0 Å². The van der Waals surface area contributed by atoms with Crippen LogP contribution in [0.2, 0.25) is 0 Å². The SMILES string of the molecule is CCCCN(CCCC)C(=O)c1ccc2c(c1)OCO2. The standard InChI is InChI=1S/C16H23NO3/c1-3-5-9-17(10-6-4-2)16(18)13-7-8-14-15(11-13)20-12-19-14/h7-8,11H,3-6,9-10,12H2,1-2H3. The van der Waals surface area contributed by atoms with Gasteiger partial charge in [0.25, 0.3) is 5.91 Å². The molecule has 0 unspecified atom stereocenters. The predicted molar refractivity (Wildman–Crippen MR) is 78.3 cm³/mol. The third-order valence-electron chi connectivity index (χ3n) is 3.47. The summed E-state index contributed by atoms with van der Waals surface area (Å²) in [6.45, 7) is 6.17. The number of carbonyl (C=O) groups is 1. The van der Waals surface area contributed by atoms with Gasteiger partial charge in [-0.05, 0) is 31.0 Å². The molecule has 4 heteroatoms. The molecular formula is C16H23NO3. The number of hydrogen-bond acceptors (Lipinski definition) is 3. The third-order valence-corrected chi connectivity index (χ3v) is 3.47. The maximum Gasteiger partial charge on any atom is 0.253 e. The first-order chi connectivity index (χ1) is 9.76. The highest BCUT2D eigenvalue weighted by molar-refractivity contribution is 5.95. The van der Waals surface area contributed by atoms with Crippen LogP contribution in [0.3, 0.4) is 0 Å². The first kappa shape index (κ1) is 14.7. The Bertz CT molecular complexity index is 451. The maximum absolute atomic E-state index is 12.6. The number of benzene rings is 1. The third kappa shape index (κ3) is 3.44. The zero-order valence-electron chi connectivity index (χ0n) is 12.4. The summed E-state index contributed by atoms with van der Waals surface area (Å²) in [4.78, 5) is 14.5. The Morgan fingerprint density at radius 2 is 1.75 bits per heavy atom. The summed E-state index contributed by atoms with van der Waals surface area (Å²) in [6, 6.07) is 5.42. The van der Waals surface area contributed by atoms with Crippen LogP contribution in [0.5, 0.6) is 11.5 Å². The molecule has 4 nitrogen and oxygen atoms in total. The van der Waals surface area contributed by atoms with E-state index in [4.69, 9.17) is 9.47 Å². The van der Waals surface area contributed by atoms with Gasteiger partial charge in [0.05, 0.1) is 0 Å². The highest BCUT2D eigenvalue weighted by atomic mass is 16.7. The highest BCUT2D eigenvalue weighted by Gasteiger charge is 2.19. The van der Waals surface area contributed by atoms with Crippen molar-refractivity contribution in [3.05, 3.63) is 23.8 Å². The monoisotopic (exact) mass is 277 g/mol. The van der Waals surface area contributed by atoms with Gasteiger partial charge >= 0.3 is 0 Å². The van der Waals surface area contributed by atoms with Gasteiger partial charge in [0.1, 0.15) is 0 Å². The fourth-order valence-corrected chi connectivity index (χ4v) is 2.22. The fourth-order valence-electron chi connectivity index (χ4n) is 2.22. The molecule has 0 radical (unpaired) electrons. The van der Waals surface area contributed by atoms with E-state index < -0.39 is 0 Å². The van der Waals surface area contributed by atoms with Gasteiger partial charge in [-0.15, -0.1) is 0 Å². The molecule has 0 bridgehead atoms. The van der Waals surface area contributed by atoms with Gasteiger partial charge in [0.2, 0.25) is 6.79 Å². The zero-order valence-corrected chi connectivity index (χ0v) is 12.4. The number of rotatable bonds is 7. The average molecular weight is 277 g/mol. The van der Waals surface area contributed by atoms with E-state index >= 15 is 0 Å². The maximum atomic E-state index is 12.6. The molecule has 1 aromatic rings. The minimum absolute atomic E-state index is 0.0881. The van der Waals surface area contributed by atoms with Crippen LogP contribution in [0.25, 0.3) is 0 Å². The van der Waals surface area contributed by atoms with Crippen LogP contribution in [-0.4, -0.2) is 30.7 Å².